The fourth-order valence-corrected chi connectivity index (χ4v) is 12.3. The molecular weight excluding hydrogens is 573 g/mol. The van der Waals surface area contributed by atoms with Crippen LogP contribution in [0, 0.1) is 0 Å². The molecule has 0 radical (unpaired) electrons. The van der Waals surface area contributed by atoms with Crippen molar-refractivity contribution < 1.29 is 24.5 Å². The van der Waals surface area contributed by atoms with Gasteiger partial charge in [-0.25, -0.2) is 0 Å². The molecule has 2 saturated heterocycles. The Morgan fingerprint density at radius 1 is 0.833 bits per heavy atom. The molecule has 0 saturated carbocycles. The SMILES string of the molecule is O=C(CC(O)CSCC1SCCS1)Oc1ccc(OCC(O)CSCC2SCCS2)c2ccccc12. The molecule has 5 nitrogen and oxygen atoms in total. The quantitative estimate of drug-likeness (QED) is 0.218. The molecule has 4 rings (SSSR count). The summed E-state index contributed by atoms with van der Waals surface area (Å²) < 4.78 is 12.8. The number of esters is 1. The number of benzene rings is 2. The molecule has 2 aliphatic heterocycles. The summed E-state index contributed by atoms with van der Waals surface area (Å²) in [4.78, 5) is 12.5. The number of aliphatic hydroxyl groups excluding tert-OH is 2. The summed E-state index contributed by atoms with van der Waals surface area (Å²) in [6.07, 6.45) is -1.31. The van der Waals surface area contributed by atoms with E-state index in [-0.39, 0.29) is 13.0 Å². The van der Waals surface area contributed by atoms with Gasteiger partial charge in [-0.1, -0.05) is 24.3 Å². The highest BCUT2D eigenvalue weighted by atomic mass is 32.2. The summed E-state index contributed by atoms with van der Waals surface area (Å²) in [6, 6.07) is 11.1. The molecule has 0 aliphatic carbocycles. The molecule has 11 heteroatoms. The van der Waals surface area contributed by atoms with Crippen LogP contribution in [-0.2, 0) is 4.79 Å². The van der Waals surface area contributed by atoms with Crippen molar-refractivity contribution in [3.05, 3.63) is 36.4 Å². The van der Waals surface area contributed by atoms with Crippen LogP contribution in [0.25, 0.3) is 10.8 Å². The van der Waals surface area contributed by atoms with Crippen molar-refractivity contribution in [3.8, 4) is 11.5 Å². The smallest absolute Gasteiger partial charge is 0.313 e. The molecule has 0 bridgehead atoms. The van der Waals surface area contributed by atoms with Crippen LogP contribution < -0.4 is 9.47 Å². The molecular formula is C25H32O5S6. The van der Waals surface area contributed by atoms with Crippen LogP contribution in [0.1, 0.15) is 6.42 Å². The Kier molecular flexibility index (Phi) is 12.5. The molecule has 2 unspecified atom stereocenters. The number of rotatable bonds is 14. The van der Waals surface area contributed by atoms with Gasteiger partial charge >= 0.3 is 5.97 Å². The zero-order valence-corrected chi connectivity index (χ0v) is 24.8. The van der Waals surface area contributed by atoms with Gasteiger partial charge in [-0.2, -0.15) is 23.5 Å². The molecule has 2 aliphatic rings. The van der Waals surface area contributed by atoms with Gasteiger partial charge in [0.15, 0.2) is 0 Å². The van der Waals surface area contributed by atoms with Crippen molar-refractivity contribution in [1.29, 1.82) is 0 Å². The lowest BCUT2D eigenvalue weighted by atomic mass is 10.1. The van der Waals surface area contributed by atoms with Crippen LogP contribution in [-0.4, -0.2) is 90.2 Å². The minimum absolute atomic E-state index is 0.0355. The second-order valence-electron chi connectivity index (χ2n) is 8.32. The molecule has 36 heavy (non-hydrogen) atoms. The van der Waals surface area contributed by atoms with Crippen LogP contribution >= 0.6 is 70.6 Å². The Balaban J connectivity index is 1.25. The average Bonchev–Trinajstić information content (AvgIpc) is 3.58. The Hall–Kier alpha value is -0.0100. The zero-order valence-electron chi connectivity index (χ0n) is 19.9. The molecule has 0 amide bonds. The highest BCUT2D eigenvalue weighted by Crippen LogP contribution is 2.36. The van der Waals surface area contributed by atoms with Crippen molar-refractivity contribution in [2.24, 2.45) is 0 Å². The molecule has 2 N–H and O–H groups in total. The summed E-state index contributed by atoms with van der Waals surface area (Å²) >= 11 is 11.4. The van der Waals surface area contributed by atoms with E-state index in [1.165, 1.54) is 23.0 Å². The molecule has 2 fully saturated rings. The van der Waals surface area contributed by atoms with Gasteiger partial charge in [0.1, 0.15) is 18.1 Å². The van der Waals surface area contributed by atoms with E-state index < -0.39 is 18.2 Å². The Morgan fingerprint density at radius 3 is 1.97 bits per heavy atom. The second kappa shape index (κ2) is 15.5. The molecule has 2 aromatic carbocycles. The fourth-order valence-electron chi connectivity index (χ4n) is 3.72. The van der Waals surface area contributed by atoms with E-state index in [1.807, 2.05) is 71.3 Å². The van der Waals surface area contributed by atoms with Crippen LogP contribution in [0.2, 0.25) is 0 Å². The Bertz CT molecular complexity index is 967. The van der Waals surface area contributed by atoms with Crippen molar-refractivity contribution in [2.75, 3.05) is 52.6 Å². The number of aliphatic hydroxyl groups is 2. The third-order valence-corrected chi connectivity index (χ3v) is 14.7. The van der Waals surface area contributed by atoms with E-state index in [0.29, 0.717) is 32.2 Å². The van der Waals surface area contributed by atoms with Gasteiger partial charge in [0, 0.05) is 56.8 Å². The highest BCUT2D eigenvalue weighted by Gasteiger charge is 2.20. The number of ether oxygens (including phenoxy) is 2. The third kappa shape index (κ3) is 9.32. The second-order valence-corrected chi connectivity index (χ2v) is 16.3. The fraction of sp³-hybridized carbons (Fsp3) is 0.560. The maximum absolute atomic E-state index is 12.5. The van der Waals surface area contributed by atoms with Gasteiger partial charge in [0.05, 0.1) is 27.8 Å². The van der Waals surface area contributed by atoms with Crippen molar-refractivity contribution in [1.82, 2.24) is 0 Å². The average molecular weight is 605 g/mol. The Morgan fingerprint density at radius 2 is 1.36 bits per heavy atom. The lowest BCUT2D eigenvalue weighted by Crippen LogP contribution is -2.21. The number of carbonyl (C=O) groups excluding carboxylic acids is 1. The first-order valence-electron chi connectivity index (χ1n) is 11.9. The van der Waals surface area contributed by atoms with Gasteiger partial charge in [0.2, 0.25) is 0 Å². The zero-order chi connectivity index (χ0) is 25.2. The van der Waals surface area contributed by atoms with E-state index in [0.717, 1.165) is 22.3 Å². The standard InChI is InChI=1S/C25H32O5S6/c26-17(13-31-15-24-33-7-8-34-24)11-23(28)30-22-6-5-21(19-3-1-2-4-20(19)22)29-12-18(27)14-32-16-25-35-9-10-36-25/h1-6,17-18,24-27H,7-16H2. The van der Waals surface area contributed by atoms with Crippen LogP contribution in [0.3, 0.4) is 0 Å². The van der Waals surface area contributed by atoms with Crippen molar-refractivity contribution in [3.63, 3.8) is 0 Å². The normalized spacial score (nSPS) is 18.5. The molecule has 0 spiro atoms. The predicted molar refractivity (Wildman–Crippen MR) is 164 cm³/mol. The monoisotopic (exact) mass is 604 g/mol. The Labute approximate surface area is 238 Å². The number of thioether (sulfide) groups is 6. The van der Waals surface area contributed by atoms with E-state index in [9.17, 15) is 15.0 Å². The summed E-state index contributed by atoms with van der Waals surface area (Å²) in [5, 5.41) is 22.3. The van der Waals surface area contributed by atoms with Crippen LogP contribution in [0.5, 0.6) is 11.5 Å². The summed E-state index contributed by atoms with van der Waals surface area (Å²) in [5.74, 6) is 8.68. The first kappa shape index (κ1) is 29.0. The van der Waals surface area contributed by atoms with E-state index in [2.05, 4.69) is 0 Å². The van der Waals surface area contributed by atoms with E-state index >= 15 is 0 Å². The van der Waals surface area contributed by atoms with Gasteiger partial charge in [-0.05, 0) is 12.1 Å². The van der Waals surface area contributed by atoms with Crippen molar-refractivity contribution >= 4 is 87.3 Å². The molecule has 0 aromatic heterocycles. The third-order valence-electron chi connectivity index (χ3n) is 5.41. The summed E-state index contributed by atoms with van der Waals surface area (Å²) in [6.45, 7) is 0.211. The highest BCUT2D eigenvalue weighted by molar-refractivity contribution is 8.21. The molecule has 2 heterocycles. The van der Waals surface area contributed by atoms with Gasteiger partial charge in [-0.3, -0.25) is 4.79 Å². The minimum atomic E-state index is -0.724. The largest absolute Gasteiger partial charge is 0.490 e. The number of hydrogen-bond donors (Lipinski definition) is 2. The minimum Gasteiger partial charge on any atom is -0.490 e. The van der Waals surface area contributed by atoms with Crippen molar-refractivity contribution in [2.45, 2.75) is 27.8 Å². The van der Waals surface area contributed by atoms with Gasteiger partial charge < -0.3 is 19.7 Å². The van der Waals surface area contributed by atoms with Crippen LogP contribution in [0.4, 0.5) is 0 Å². The summed E-state index contributed by atoms with van der Waals surface area (Å²) in [7, 11) is 0. The molecule has 2 atom stereocenters. The number of carbonyl (C=O) groups is 1. The van der Waals surface area contributed by atoms with Gasteiger partial charge in [0.25, 0.3) is 0 Å². The summed E-state index contributed by atoms with van der Waals surface area (Å²) in [5.41, 5.74) is 0. The molecule has 198 valence electrons. The number of hydrogen-bond acceptors (Lipinski definition) is 11. The first-order valence-corrected chi connectivity index (χ1v) is 18.4. The predicted octanol–water partition coefficient (Wildman–Crippen LogP) is 5.31. The lowest BCUT2D eigenvalue weighted by Gasteiger charge is -2.16. The van der Waals surface area contributed by atoms with E-state index in [1.54, 1.807) is 35.7 Å². The first-order chi connectivity index (χ1) is 17.6. The molecule has 2 aromatic rings. The number of fused-ring (bicyclic) bond motifs is 1. The van der Waals surface area contributed by atoms with E-state index in [4.69, 9.17) is 9.47 Å². The van der Waals surface area contributed by atoms with Crippen LogP contribution in [0.15, 0.2) is 36.4 Å². The topological polar surface area (TPSA) is 76.0 Å². The maximum atomic E-state index is 12.5. The lowest BCUT2D eigenvalue weighted by molar-refractivity contribution is -0.136. The van der Waals surface area contributed by atoms with Gasteiger partial charge in [-0.15, -0.1) is 47.0 Å². The maximum Gasteiger partial charge on any atom is 0.313 e.